The summed E-state index contributed by atoms with van der Waals surface area (Å²) in [5, 5.41) is 21.4. The van der Waals surface area contributed by atoms with E-state index in [1.54, 1.807) is 0 Å². The van der Waals surface area contributed by atoms with E-state index in [0.29, 0.717) is 5.46 Å². The lowest BCUT2D eigenvalue weighted by Crippen LogP contribution is -2.30. The molecule has 1 aliphatic rings. The molecule has 96 valence electrons. The van der Waals surface area contributed by atoms with Crippen LogP contribution in [0.3, 0.4) is 0 Å². The van der Waals surface area contributed by atoms with E-state index in [1.165, 1.54) is 16.7 Å². The fourth-order valence-electron chi connectivity index (χ4n) is 3.24. The predicted molar refractivity (Wildman–Crippen MR) is 82.0 cm³/mol. The first kappa shape index (κ1) is 11.7. The quantitative estimate of drug-likeness (QED) is 0.514. The van der Waals surface area contributed by atoms with Gasteiger partial charge in [0.15, 0.2) is 0 Å². The lowest BCUT2D eigenvalue weighted by atomic mass is 9.75. The number of hydrogen-bond donors (Lipinski definition) is 2. The molecule has 3 heteroatoms. The van der Waals surface area contributed by atoms with E-state index in [0.717, 1.165) is 22.8 Å². The normalized spacial score (nSPS) is 12.3. The van der Waals surface area contributed by atoms with E-state index in [-0.39, 0.29) is 0 Å². The maximum Gasteiger partial charge on any atom is 0.489 e. The maximum absolute atomic E-state index is 9.66. The standard InChI is InChI=1S/C17H13BO2/c19-18(20)17-10-16-12-6-2-1-5-11(12)9-15(16)13-7-3-4-8-14(13)17/h1-8,10,19-20H,9H2. The first-order valence-electron chi connectivity index (χ1n) is 6.74. The van der Waals surface area contributed by atoms with Crippen molar-refractivity contribution in [3.05, 3.63) is 65.7 Å². The van der Waals surface area contributed by atoms with Crippen molar-refractivity contribution in [2.45, 2.75) is 6.42 Å². The molecular weight excluding hydrogens is 247 g/mol. The second-order valence-electron chi connectivity index (χ2n) is 5.25. The molecule has 4 rings (SSSR count). The molecular formula is C17H13BO2. The van der Waals surface area contributed by atoms with E-state index >= 15 is 0 Å². The van der Waals surface area contributed by atoms with Crippen molar-refractivity contribution in [1.29, 1.82) is 0 Å². The molecule has 0 radical (unpaired) electrons. The van der Waals surface area contributed by atoms with Gasteiger partial charge >= 0.3 is 7.12 Å². The van der Waals surface area contributed by atoms with Gasteiger partial charge in [-0.1, -0.05) is 54.6 Å². The van der Waals surface area contributed by atoms with Crippen LogP contribution in [0.1, 0.15) is 11.1 Å². The molecule has 0 aliphatic heterocycles. The van der Waals surface area contributed by atoms with Crippen LogP contribution in [0.25, 0.3) is 21.9 Å². The summed E-state index contributed by atoms with van der Waals surface area (Å²) < 4.78 is 0. The van der Waals surface area contributed by atoms with Gasteiger partial charge in [0.2, 0.25) is 0 Å². The van der Waals surface area contributed by atoms with Crippen LogP contribution in [0.4, 0.5) is 0 Å². The lowest BCUT2D eigenvalue weighted by Gasteiger charge is -2.11. The molecule has 0 heterocycles. The minimum Gasteiger partial charge on any atom is -0.423 e. The summed E-state index contributed by atoms with van der Waals surface area (Å²) in [6, 6.07) is 18.2. The SMILES string of the molecule is OB(O)c1cc2c(c3ccccc13)Cc1ccccc1-2. The zero-order valence-electron chi connectivity index (χ0n) is 10.9. The van der Waals surface area contributed by atoms with E-state index in [9.17, 15) is 10.0 Å². The van der Waals surface area contributed by atoms with Crippen molar-refractivity contribution >= 4 is 23.4 Å². The monoisotopic (exact) mass is 260 g/mol. The molecule has 0 bridgehead atoms. The van der Waals surface area contributed by atoms with Gasteiger partial charge in [0.05, 0.1) is 0 Å². The topological polar surface area (TPSA) is 40.5 Å². The van der Waals surface area contributed by atoms with Crippen LogP contribution in [-0.2, 0) is 6.42 Å². The number of rotatable bonds is 1. The zero-order chi connectivity index (χ0) is 13.7. The summed E-state index contributed by atoms with van der Waals surface area (Å²) in [7, 11) is -1.45. The fraction of sp³-hybridized carbons (Fsp3) is 0.0588. The van der Waals surface area contributed by atoms with E-state index in [4.69, 9.17) is 0 Å². The Kier molecular flexibility index (Phi) is 2.46. The van der Waals surface area contributed by atoms with Crippen molar-refractivity contribution in [2.24, 2.45) is 0 Å². The largest absolute Gasteiger partial charge is 0.489 e. The van der Waals surface area contributed by atoms with Crippen LogP contribution in [0.2, 0.25) is 0 Å². The molecule has 0 amide bonds. The van der Waals surface area contributed by atoms with Gasteiger partial charge in [-0.15, -0.1) is 0 Å². The minimum absolute atomic E-state index is 0.580. The van der Waals surface area contributed by atoms with E-state index in [2.05, 4.69) is 24.3 Å². The third-order valence-electron chi connectivity index (χ3n) is 4.14. The Bertz CT molecular complexity index is 824. The highest BCUT2D eigenvalue weighted by molar-refractivity contribution is 6.62. The van der Waals surface area contributed by atoms with Crippen molar-refractivity contribution in [3.8, 4) is 11.1 Å². The molecule has 20 heavy (non-hydrogen) atoms. The van der Waals surface area contributed by atoms with Crippen LogP contribution in [-0.4, -0.2) is 17.2 Å². The Labute approximate surface area is 117 Å². The third-order valence-corrected chi connectivity index (χ3v) is 4.14. The Morgan fingerprint density at radius 1 is 0.800 bits per heavy atom. The van der Waals surface area contributed by atoms with Gasteiger partial charge in [0.1, 0.15) is 0 Å². The van der Waals surface area contributed by atoms with Crippen molar-refractivity contribution < 1.29 is 10.0 Å². The van der Waals surface area contributed by atoms with Gasteiger partial charge in [0, 0.05) is 0 Å². The number of benzene rings is 3. The summed E-state index contributed by atoms with van der Waals surface area (Å²) in [6.45, 7) is 0. The highest BCUT2D eigenvalue weighted by Gasteiger charge is 2.24. The highest BCUT2D eigenvalue weighted by Crippen LogP contribution is 2.39. The third kappa shape index (κ3) is 1.54. The van der Waals surface area contributed by atoms with Crippen LogP contribution in [0, 0.1) is 0 Å². The Morgan fingerprint density at radius 3 is 2.30 bits per heavy atom. The fourth-order valence-corrected chi connectivity index (χ4v) is 3.24. The van der Waals surface area contributed by atoms with Crippen molar-refractivity contribution in [3.63, 3.8) is 0 Å². The Balaban J connectivity index is 2.12. The second kappa shape index (κ2) is 4.20. The van der Waals surface area contributed by atoms with Gasteiger partial charge in [-0.25, -0.2) is 0 Å². The number of fused-ring (bicyclic) bond motifs is 5. The highest BCUT2D eigenvalue weighted by atomic mass is 16.4. The summed E-state index contributed by atoms with van der Waals surface area (Å²) in [5.41, 5.74) is 5.50. The smallest absolute Gasteiger partial charge is 0.423 e. The summed E-state index contributed by atoms with van der Waals surface area (Å²) in [5.74, 6) is 0. The van der Waals surface area contributed by atoms with Crippen LogP contribution >= 0.6 is 0 Å². The molecule has 0 unspecified atom stereocenters. The molecule has 3 aromatic rings. The minimum atomic E-state index is -1.45. The van der Waals surface area contributed by atoms with Gasteiger partial charge in [-0.3, -0.25) is 0 Å². The average molecular weight is 260 g/mol. The zero-order valence-corrected chi connectivity index (χ0v) is 10.9. The molecule has 0 fully saturated rings. The van der Waals surface area contributed by atoms with Gasteiger partial charge in [-0.2, -0.15) is 0 Å². The molecule has 2 nitrogen and oxygen atoms in total. The maximum atomic E-state index is 9.66. The predicted octanol–water partition coefficient (Wildman–Crippen LogP) is 2.09. The van der Waals surface area contributed by atoms with Gasteiger partial charge in [0.25, 0.3) is 0 Å². The number of hydrogen-bond acceptors (Lipinski definition) is 2. The summed E-state index contributed by atoms with van der Waals surface area (Å²) in [4.78, 5) is 0. The van der Waals surface area contributed by atoms with Crippen molar-refractivity contribution in [2.75, 3.05) is 0 Å². The second-order valence-corrected chi connectivity index (χ2v) is 5.25. The van der Waals surface area contributed by atoms with Crippen LogP contribution < -0.4 is 5.46 Å². The molecule has 2 N–H and O–H groups in total. The molecule has 0 saturated carbocycles. The first-order chi connectivity index (χ1) is 9.75. The summed E-state index contributed by atoms with van der Waals surface area (Å²) in [6.07, 6.45) is 0.911. The molecule has 0 spiro atoms. The van der Waals surface area contributed by atoms with Gasteiger partial charge in [-0.05, 0) is 44.9 Å². The molecule has 0 saturated heterocycles. The molecule has 0 atom stereocenters. The Morgan fingerprint density at radius 2 is 1.50 bits per heavy atom. The van der Waals surface area contributed by atoms with Crippen molar-refractivity contribution in [1.82, 2.24) is 0 Å². The first-order valence-corrected chi connectivity index (χ1v) is 6.74. The van der Waals surface area contributed by atoms with E-state index < -0.39 is 7.12 Å². The van der Waals surface area contributed by atoms with Crippen LogP contribution in [0.15, 0.2) is 54.6 Å². The van der Waals surface area contributed by atoms with E-state index in [1.807, 2.05) is 30.3 Å². The lowest BCUT2D eigenvalue weighted by molar-refractivity contribution is 0.426. The molecule has 0 aromatic heterocycles. The summed E-state index contributed by atoms with van der Waals surface area (Å²) >= 11 is 0. The Hall–Kier alpha value is -2.10. The van der Waals surface area contributed by atoms with Gasteiger partial charge < -0.3 is 10.0 Å². The molecule has 3 aromatic carbocycles. The molecule has 1 aliphatic carbocycles. The van der Waals surface area contributed by atoms with Crippen LogP contribution in [0.5, 0.6) is 0 Å². The average Bonchev–Trinajstić information content (AvgIpc) is 2.85.